The maximum Gasteiger partial charge on any atom is 0.336 e. The lowest BCUT2D eigenvalue weighted by atomic mass is 9.96. The van der Waals surface area contributed by atoms with E-state index in [0.29, 0.717) is 0 Å². The fraction of sp³-hybridized carbons (Fsp3) is 0.692. The Labute approximate surface area is 132 Å². The Hall–Kier alpha value is -2.20. The summed E-state index contributed by atoms with van der Waals surface area (Å²) in [6.45, 7) is 0.141. The summed E-state index contributed by atoms with van der Waals surface area (Å²) in [4.78, 5) is 44.1. The van der Waals surface area contributed by atoms with Crippen LogP contribution in [-0.4, -0.2) is 88.2 Å². The molecule has 0 aliphatic heterocycles. The second-order valence-electron chi connectivity index (χ2n) is 6.27. The number of carboxylic acid groups (broad SMARTS) is 3. The molecule has 0 spiro atoms. The maximum absolute atomic E-state index is 11.8. The van der Waals surface area contributed by atoms with Crippen molar-refractivity contribution in [2.24, 2.45) is 0 Å². The van der Waals surface area contributed by atoms with Gasteiger partial charge in [-0.25, -0.2) is 4.79 Å². The van der Waals surface area contributed by atoms with Crippen LogP contribution in [0.25, 0.3) is 0 Å². The topological polar surface area (TPSA) is 158 Å². The van der Waals surface area contributed by atoms with Crippen LogP contribution < -0.4 is 0 Å². The average molecular weight is 336 g/mol. The first-order valence-corrected chi connectivity index (χ1v) is 6.64. The summed E-state index contributed by atoms with van der Waals surface area (Å²) < 4.78 is 5.19. The van der Waals surface area contributed by atoms with Crippen LogP contribution in [-0.2, 0) is 23.9 Å². The molecule has 0 saturated carbocycles. The van der Waals surface area contributed by atoms with E-state index >= 15 is 0 Å². The molecule has 10 heteroatoms. The molecular weight excluding hydrogens is 314 g/mol. The smallest absolute Gasteiger partial charge is 0.336 e. The van der Waals surface area contributed by atoms with Gasteiger partial charge in [-0.15, -0.1) is 0 Å². The summed E-state index contributed by atoms with van der Waals surface area (Å²) in [7, 11) is 5.21. The zero-order valence-corrected chi connectivity index (χ0v) is 13.2. The summed E-state index contributed by atoms with van der Waals surface area (Å²) in [6, 6.07) is 0. The van der Waals surface area contributed by atoms with Gasteiger partial charge in [-0.05, 0) is 0 Å². The molecule has 0 bridgehead atoms. The second kappa shape index (κ2) is 7.88. The molecule has 0 saturated heterocycles. The molecule has 0 heterocycles. The van der Waals surface area contributed by atoms with Gasteiger partial charge in [-0.2, -0.15) is 0 Å². The summed E-state index contributed by atoms with van der Waals surface area (Å²) in [5.74, 6) is -5.87. The molecule has 0 aliphatic rings. The van der Waals surface area contributed by atoms with Gasteiger partial charge < -0.3 is 29.6 Å². The van der Waals surface area contributed by atoms with E-state index in [9.17, 15) is 24.3 Å². The third kappa shape index (κ3) is 8.73. The van der Waals surface area contributed by atoms with Gasteiger partial charge in [0, 0.05) is 0 Å². The molecule has 23 heavy (non-hydrogen) atoms. The van der Waals surface area contributed by atoms with Crippen LogP contribution in [0.5, 0.6) is 0 Å². The van der Waals surface area contributed by atoms with E-state index < -0.39 is 54.8 Å². The molecule has 4 N–H and O–H groups in total. The second-order valence-corrected chi connectivity index (χ2v) is 6.27. The fourth-order valence-electron chi connectivity index (χ4n) is 1.88. The molecule has 0 amide bonds. The minimum Gasteiger partial charge on any atom is -0.481 e. The van der Waals surface area contributed by atoms with Gasteiger partial charge in [0.2, 0.25) is 0 Å². The highest BCUT2D eigenvalue weighted by Crippen LogP contribution is 2.18. The zero-order valence-electron chi connectivity index (χ0n) is 13.2. The van der Waals surface area contributed by atoms with E-state index in [4.69, 9.17) is 20.1 Å². The third-order valence-corrected chi connectivity index (χ3v) is 2.73. The lowest BCUT2D eigenvalue weighted by Crippen LogP contribution is -2.46. The number of aliphatic hydroxyl groups is 1. The van der Waals surface area contributed by atoms with E-state index in [1.165, 1.54) is 0 Å². The first kappa shape index (κ1) is 20.8. The molecule has 0 fully saturated rings. The molecule has 132 valence electrons. The predicted molar refractivity (Wildman–Crippen MR) is 74.5 cm³/mol. The van der Waals surface area contributed by atoms with Crippen molar-refractivity contribution in [2.45, 2.75) is 31.0 Å². The number of carbonyl (C=O) groups is 4. The number of ether oxygens (including phenoxy) is 1. The lowest BCUT2D eigenvalue weighted by molar-refractivity contribution is -0.873. The van der Waals surface area contributed by atoms with Gasteiger partial charge in [-0.3, -0.25) is 14.4 Å². The molecule has 0 rings (SSSR count). The highest BCUT2D eigenvalue weighted by Gasteiger charge is 2.42. The van der Waals surface area contributed by atoms with Gasteiger partial charge in [-0.1, -0.05) is 0 Å². The molecule has 0 aliphatic carbocycles. The van der Waals surface area contributed by atoms with Crippen LogP contribution in [0.3, 0.4) is 0 Å². The first-order valence-electron chi connectivity index (χ1n) is 6.64. The molecule has 2 atom stereocenters. The normalized spacial score (nSPS) is 15.3. The SMILES string of the molecule is C[N+](C)(C)C[C@@H](CC(=O)O)OC(=O)CC(O)(CC(=O)O)C(=O)O. The molecule has 10 nitrogen and oxygen atoms in total. The van der Waals surface area contributed by atoms with Crippen LogP contribution in [0.2, 0.25) is 0 Å². The maximum atomic E-state index is 11.8. The minimum atomic E-state index is -2.81. The Kier molecular flexibility index (Phi) is 7.13. The van der Waals surface area contributed by atoms with E-state index in [2.05, 4.69) is 0 Å². The summed E-state index contributed by atoms with van der Waals surface area (Å²) in [5.41, 5.74) is -2.81. The Morgan fingerprint density at radius 3 is 1.87 bits per heavy atom. The summed E-state index contributed by atoms with van der Waals surface area (Å²) in [5, 5.41) is 36.1. The van der Waals surface area contributed by atoms with Gasteiger partial charge in [0.15, 0.2) is 11.7 Å². The Bertz CT molecular complexity index is 482. The molecule has 0 aromatic heterocycles. The number of likely N-dealkylation sites (N-methyl/N-ethyl adjacent to an activating group) is 1. The predicted octanol–water partition coefficient (Wildman–Crippen LogP) is -1.24. The van der Waals surface area contributed by atoms with Crippen molar-refractivity contribution in [1.82, 2.24) is 0 Å². The highest BCUT2D eigenvalue weighted by molar-refractivity contribution is 5.88. The Morgan fingerprint density at radius 2 is 1.52 bits per heavy atom. The number of nitrogens with zero attached hydrogens (tertiary/aromatic N) is 1. The number of carbonyl (C=O) groups excluding carboxylic acids is 1. The van der Waals surface area contributed by atoms with Crippen molar-refractivity contribution in [3.63, 3.8) is 0 Å². The van der Waals surface area contributed by atoms with Crippen molar-refractivity contribution >= 4 is 23.9 Å². The van der Waals surface area contributed by atoms with Crippen LogP contribution in [0.4, 0.5) is 0 Å². The largest absolute Gasteiger partial charge is 0.481 e. The first-order chi connectivity index (χ1) is 10.2. The van der Waals surface area contributed by atoms with Gasteiger partial charge >= 0.3 is 23.9 Å². The fourth-order valence-corrected chi connectivity index (χ4v) is 1.88. The number of esters is 1. The number of rotatable bonds is 10. The Balaban J connectivity index is 4.99. The molecule has 0 aromatic carbocycles. The van der Waals surface area contributed by atoms with Crippen LogP contribution >= 0.6 is 0 Å². The number of quaternary nitrogens is 1. The number of hydrogen-bond acceptors (Lipinski definition) is 6. The Morgan fingerprint density at radius 1 is 1.00 bits per heavy atom. The van der Waals surface area contributed by atoms with Crippen LogP contribution in [0.15, 0.2) is 0 Å². The number of aliphatic carboxylic acids is 3. The van der Waals surface area contributed by atoms with Gasteiger partial charge in [0.1, 0.15) is 6.54 Å². The standard InChI is InChI=1S/C13H21NO9/c1-14(2,3)7-8(4-9(15)16)23-11(19)6-13(22,12(20)21)5-10(17)18/h8,22H,4-7H2,1-3H3,(H2-,15,16,17,18,20,21)/p+1/t8-,13?/m1/s1. The van der Waals surface area contributed by atoms with Crippen LogP contribution in [0, 0.1) is 0 Å². The molecule has 1 unspecified atom stereocenters. The third-order valence-electron chi connectivity index (χ3n) is 2.73. The number of carboxylic acids is 3. The van der Waals surface area contributed by atoms with Crippen molar-refractivity contribution in [3.8, 4) is 0 Å². The zero-order chi connectivity index (χ0) is 18.4. The molecule has 0 aromatic rings. The van der Waals surface area contributed by atoms with E-state index in [-0.39, 0.29) is 11.0 Å². The van der Waals surface area contributed by atoms with Crippen LogP contribution in [0.1, 0.15) is 19.3 Å². The summed E-state index contributed by atoms with van der Waals surface area (Å²) >= 11 is 0. The quantitative estimate of drug-likeness (QED) is 0.283. The van der Waals surface area contributed by atoms with Crippen molar-refractivity contribution < 1.29 is 48.8 Å². The van der Waals surface area contributed by atoms with E-state index in [1.807, 2.05) is 0 Å². The highest BCUT2D eigenvalue weighted by atomic mass is 16.5. The minimum absolute atomic E-state index is 0.141. The summed E-state index contributed by atoms with van der Waals surface area (Å²) in [6.07, 6.45) is -3.81. The number of hydrogen-bond donors (Lipinski definition) is 4. The van der Waals surface area contributed by atoms with E-state index in [0.717, 1.165) is 0 Å². The van der Waals surface area contributed by atoms with E-state index in [1.54, 1.807) is 21.1 Å². The van der Waals surface area contributed by atoms with Gasteiger partial charge in [0.25, 0.3) is 0 Å². The molecular formula is C13H22NO9+. The average Bonchev–Trinajstić information content (AvgIpc) is 2.22. The van der Waals surface area contributed by atoms with Crippen molar-refractivity contribution in [2.75, 3.05) is 27.7 Å². The van der Waals surface area contributed by atoms with Crippen molar-refractivity contribution in [1.29, 1.82) is 0 Å². The van der Waals surface area contributed by atoms with Crippen molar-refractivity contribution in [3.05, 3.63) is 0 Å². The lowest BCUT2D eigenvalue weighted by Gasteiger charge is -2.29. The van der Waals surface area contributed by atoms with Gasteiger partial charge in [0.05, 0.1) is 40.4 Å². The monoisotopic (exact) mass is 336 g/mol. The molecule has 0 radical (unpaired) electrons.